The number of carboxylic acid groups (broad SMARTS) is 1. The number of carbonyl (C=O) groups is 2. The standard InChI is InChI=1S/C14H15N5O3/c1-19-13-10(11(18-19)6-2-3-6)7(4-9(20)16-13)8-5-15-17-12(8)14(21)22/h5-7H,2-4H2,1H3,(H,15,17)(H,16,20)(H,21,22). The summed E-state index contributed by atoms with van der Waals surface area (Å²) in [5.41, 5.74) is 2.49. The smallest absolute Gasteiger partial charge is 0.354 e. The Balaban J connectivity index is 1.90. The van der Waals surface area contributed by atoms with E-state index in [0.717, 1.165) is 24.1 Å². The van der Waals surface area contributed by atoms with Gasteiger partial charge in [0.2, 0.25) is 5.91 Å². The first-order valence-electron chi connectivity index (χ1n) is 7.19. The molecular weight excluding hydrogens is 286 g/mol. The number of nitrogens with zero attached hydrogens (tertiary/aromatic N) is 3. The van der Waals surface area contributed by atoms with E-state index in [1.807, 2.05) is 0 Å². The van der Waals surface area contributed by atoms with E-state index in [4.69, 9.17) is 0 Å². The normalized spacial score (nSPS) is 20.6. The summed E-state index contributed by atoms with van der Waals surface area (Å²) < 4.78 is 1.67. The number of hydrogen-bond acceptors (Lipinski definition) is 4. The maximum absolute atomic E-state index is 12.0. The number of carboxylic acids is 1. The number of rotatable bonds is 3. The number of hydrogen-bond donors (Lipinski definition) is 3. The first-order valence-corrected chi connectivity index (χ1v) is 7.19. The number of nitrogens with one attached hydrogen (secondary N) is 2. The highest BCUT2D eigenvalue weighted by atomic mass is 16.4. The van der Waals surface area contributed by atoms with Gasteiger partial charge in [0.1, 0.15) is 11.5 Å². The number of aromatic nitrogens is 4. The summed E-state index contributed by atoms with van der Waals surface area (Å²) in [5.74, 6) is -0.455. The second-order valence-corrected chi connectivity index (χ2v) is 5.86. The average molecular weight is 301 g/mol. The summed E-state index contributed by atoms with van der Waals surface area (Å²) in [6.07, 6.45) is 3.88. The maximum atomic E-state index is 12.0. The number of carbonyl (C=O) groups excluding carboxylic acids is 1. The van der Waals surface area contributed by atoms with Crippen LogP contribution in [-0.2, 0) is 11.8 Å². The van der Waals surface area contributed by atoms with E-state index >= 15 is 0 Å². The van der Waals surface area contributed by atoms with Crippen LogP contribution in [0.25, 0.3) is 0 Å². The predicted molar refractivity (Wildman–Crippen MR) is 75.8 cm³/mol. The number of amides is 1. The number of fused-ring (bicyclic) bond motifs is 1. The quantitative estimate of drug-likeness (QED) is 0.788. The van der Waals surface area contributed by atoms with E-state index in [2.05, 4.69) is 20.6 Å². The molecule has 2 aliphatic rings. The summed E-state index contributed by atoms with van der Waals surface area (Å²) in [4.78, 5) is 23.4. The average Bonchev–Trinajstić information content (AvgIpc) is 3.09. The van der Waals surface area contributed by atoms with Crippen molar-refractivity contribution in [3.8, 4) is 0 Å². The SMILES string of the molecule is Cn1nc(C2CC2)c2c1NC(=O)CC2c1cn[nH]c1C(=O)O. The third kappa shape index (κ3) is 1.83. The van der Waals surface area contributed by atoms with Crippen LogP contribution in [0.2, 0.25) is 0 Å². The molecule has 4 rings (SSSR count). The zero-order valence-corrected chi connectivity index (χ0v) is 12.0. The second kappa shape index (κ2) is 4.43. The molecule has 2 aromatic heterocycles. The monoisotopic (exact) mass is 301 g/mol. The zero-order chi connectivity index (χ0) is 15.4. The van der Waals surface area contributed by atoms with Crippen molar-refractivity contribution in [1.29, 1.82) is 0 Å². The fourth-order valence-electron chi connectivity index (χ4n) is 3.18. The molecular formula is C14H15N5O3. The second-order valence-electron chi connectivity index (χ2n) is 5.86. The lowest BCUT2D eigenvalue weighted by molar-refractivity contribution is -0.116. The van der Waals surface area contributed by atoms with Gasteiger partial charge in [-0.25, -0.2) is 4.79 Å². The highest BCUT2D eigenvalue weighted by Gasteiger charge is 2.39. The van der Waals surface area contributed by atoms with Gasteiger partial charge in [-0.2, -0.15) is 10.2 Å². The van der Waals surface area contributed by atoms with Crippen LogP contribution in [0.4, 0.5) is 5.82 Å². The van der Waals surface area contributed by atoms with Gasteiger partial charge < -0.3 is 10.4 Å². The molecule has 0 radical (unpaired) electrons. The van der Waals surface area contributed by atoms with Gasteiger partial charge in [0.25, 0.3) is 0 Å². The Morgan fingerprint density at radius 1 is 1.45 bits per heavy atom. The number of aryl methyl sites for hydroxylation is 1. The van der Waals surface area contributed by atoms with E-state index < -0.39 is 5.97 Å². The Hall–Kier alpha value is -2.64. The molecule has 8 heteroatoms. The molecule has 1 aliphatic carbocycles. The van der Waals surface area contributed by atoms with E-state index in [-0.39, 0.29) is 23.9 Å². The Labute approximate surface area is 125 Å². The fraction of sp³-hybridized carbons (Fsp3) is 0.429. The van der Waals surface area contributed by atoms with Gasteiger partial charge in [-0.3, -0.25) is 14.6 Å². The third-order valence-corrected chi connectivity index (χ3v) is 4.33. The lowest BCUT2D eigenvalue weighted by Gasteiger charge is -2.23. The molecule has 0 spiro atoms. The Bertz CT molecular complexity index is 786. The summed E-state index contributed by atoms with van der Waals surface area (Å²) >= 11 is 0. The van der Waals surface area contributed by atoms with Crippen LogP contribution in [0.5, 0.6) is 0 Å². The number of aromatic amines is 1. The van der Waals surface area contributed by atoms with Crippen molar-refractivity contribution >= 4 is 17.7 Å². The van der Waals surface area contributed by atoms with Gasteiger partial charge in [-0.05, 0) is 12.8 Å². The van der Waals surface area contributed by atoms with E-state index in [1.165, 1.54) is 6.20 Å². The van der Waals surface area contributed by atoms with Crippen molar-refractivity contribution in [1.82, 2.24) is 20.0 Å². The number of aromatic carboxylic acids is 1. The first-order chi connectivity index (χ1) is 10.6. The van der Waals surface area contributed by atoms with Gasteiger partial charge in [0.15, 0.2) is 0 Å². The van der Waals surface area contributed by atoms with Crippen molar-refractivity contribution in [2.75, 3.05) is 5.32 Å². The van der Waals surface area contributed by atoms with Gasteiger partial charge in [-0.1, -0.05) is 0 Å². The lowest BCUT2D eigenvalue weighted by Crippen LogP contribution is -2.25. The minimum Gasteiger partial charge on any atom is -0.477 e. The molecule has 22 heavy (non-hydrogen) atoms. The van der Waals surface area contributed by atoms with Gasteiger partial charge in [0, 0.05) is 36.4 Å². The van der Waals surface area contributed by atoms with Crippen LogP contribution < -0.4 is 5.32 Å². The Morgan fingerprint density at radius 2 is 2.23 bits per heavy atom. The molecule has 114 valence electrons. The third-order valence-electron chi connectivity index (χ3n) is 4.33. The molecule has 0 bridgehead atoms. The van der Waals surface area contributed by atoms with Crippen LogP contribution >= 0.6 is 0 Å². The molecule has 3 heterocycles. The highest BCUT2D eigenvalue weighted by Crippen LogP contribution is 2.48. The fourth-order valence-corrected chi connectivity index (χ4v) is 3.18. The van der Waals surface area contributed by atoms with Crippen molar-refractivity contribution in [2.24, 2.45) is 7.05 Å². The Kier molecular flexibility index (Phi) is 2.63. The van der Waals surface area contributed by atoms with Gasteiger partial charge in [0.05, 0.1) is 11.9 Å². The van der Waals surface area contributed by atoms with Gasteiger partial charge >= 0.3 is 5.97 Å². The van der Waals surface area contributed by atoms with Crippen molar-refractivity contribution in [3.63, 3.8) is 0 Å². The summed E-state index contributed by atoms with van der Waals surface area (Å²) in [5, 5.41) is 23.1. The molecule has 0 saturated heterocycles. The minimum absolute atomic E-state index is 0.0382. The predicted octanol–water partition coefficient (Wildman–Crippen LogP) is 1.19. The van der Waals surface area contributed by atoms with Crippen LogP contribution in [0, 0.1) is 0 Å². The molecule has 0 aromatic carbocycles. The molecule has 1 saturated carbocycles. The van der Waals surface area contributed by atoms with Gasteiger partial charge in [-0.15, -0.1) is 0 Å². The van der Waals surface area contributed by atoms with Crippen LogP contribution in [0.3, 0.4) is 0 Å². The van der Waals surface area contributed by atoms with Crippen molar-refractivity contribution in [3.05, 3.63) is 28.7 Å². The zero-order valence-electron chi connectivity index (χ0n) is 12.0. The minimum atomic E-state index is -1.07. The van der Waals surface area contributed by atoms with E-state index in [0.29, 0.717) is 17.3 Å². The van der Waals surface area contributed by atoms with Crippen molar-refractivity contribution in [2.45, 2.75) is 31.1 Å². The van der Waals surface area contributed by atoms with Crippen LogP contribution in [-0.4, -0.2) is 37.0 Å². The lowest BCUT2D eigenvalue weighted by atomic mass is 9.85. The number of H-pyrrole nitrogens is 1. The summed E-state index contributed by atoms with van der Waals surface area (Å²) in [6.45, 7) is 0. The molecule has 8 nitrogen and oxygen atoms in total. The molecule has 1 atom stereocenters. The molecule has 1 unspecified atom stereocenters. The Morgan fingerprint density at radius 3 is 2.91 bits per heavy atom. The molecule has 1 amide bonds. The molecule has 1 fully saturated rings. The highest BCUT2D eigenvalue weighted by molar-refractivity contribution is 5.96. The van der Waals surface area contributed by atoms with E-state index in [9.17, 15) is 14.7 Å². The largest absolute Gasteiger partial charge is 0.477 e. The van der Waals surface area contributed by atoms with Crippen molar-refractivity contribution < 1.29 is 14.7 Å². The maximum Gasteiger partial charge on any atom is 0.354 e. The van der Waals surface area contributed by atoms with Crippen LogP contribution in [0.15, 0.2) is 6.20 Å². The number of anilines is 1. The topological polar surface area (TPSA) is 113 Å². The first kappa shape index (κ1) is 13.1. The van der Waals surface area contributed by atoms with E-state index in [1.54, 1.807) is 11.7 Å². The summed E-state index contributed by atoms with van der Waals surface area (Å²) in [7, 11) is 1.79. The summed E-state index contributed by atoms with van der Waals surface area (Å²) in [6, 6.07) is 0. The molecule has 1 aliphatic heterocycles. The molecule has 2 aromatic rings. The molecule has 3 N–H and O–H groups in total. The van der Waals surface area contributed by atoms with Crippen LogP contribution in [0.1, 0.15) is 58.4 Å².